The molecular formula is C10H9IO2S2. The molecule has 0 unspecified atom stereocenters. The summed E-state index contributed by atoms with van der Waals surface area (Å²) in [5.41, 5.74) is 0. The number of rotatable bonds is 2. The van der Waals surface area contributed by atoms with Crippen molar-refractivity contribution in [3.05, 3.63) is 21.8 Å². The molecule has 0 radical (unpaired) electrons. The molecule has 0 aliphatic rings. The van der Waals surface area contributed by atoms with Gasteiger partial charge in [0.25, 0.3) is 0 Å². The second-order valence-electron chi connectivity index (χ2n) is 2.78. The molecule has 0 saturated carbocycles. The first kappa shape index (κ1) is 13.1. The van der Waals surface area contributed by atoms with Crippen LogP contribution in [0.25, 0.3) is 0 Å². The third-order valence-corrected chi connectivity index (χ3v) is 4.35. The molecule has 0 fully saturated rings. The second-order valence-corrected chi connectivity index (χ2v) is 6.41. The van der Waals surface area contributed by atoms with E-state index in [9.17, 15) is 9.59 Å². The van der Waals surface area contributed by atoms with Crippen LogP contribution >= 0.6 is 46.1 Å². The van der Waals surface area contributed by atoms with Gasteiger partial charge in [0.15, 0.2) is 10.2 Å². The summed E-state index contributed by atoms with van der Waals surface area (Å²) < 4.78 is 1.03. The number of halogens is 1. The van der Waals surface area contributed by atoms with Crippen molar-refractivity contribution in [1.82, 2.24) is 0 Å². The van der Waals surface area contributed by atoms with E-state index in [-0.39, 0.29) is 10.2 Å². The maximum absolute atomic E-state index is 11.0. The quantitative estimate of drug-likeness (QED) is 0.602. The van der Waals surface area contributed by atoms with Crippen LogP contribution in [-0.2, 0) is 9.59 Å². The van der Waals surface area contributed by atoms with Crippen LogP contribution in [0, 0.1) is 3.57 Å². The van der Waals surface area contributed by atoms with Crippen LogP contribution in [0.4, 0.5) is 0 Å². The molecule has 0 aromatic heterocycles. The van der Waals surface area contributed by atoms with Gasteiger partial charge in [-0.05, 0) is 40.8 Å². The average Bonchev–Trinajstić information content (AvgIpc) is 2.09. The summed E-state index contributed by atoms with van der Waals surface area (Å²) in [5, 5.41) is 0.105. The van der Waals surface area contributed by atoms with E-state index in [0.717, 1.165) is 13.4 Å². The molecule has 0 saturated heterocycles. The lowest BCUT2D eigenvalue weighted by atomic mass is 10.4. The molecule has 80 valence electrons. The molecule has 1 aromatic rings. The molecule has 2 nitrogen and oxygen atoms in total. The Labute approximate surface area is 111 Å². The number of carbonyl (C=O) groups excluding carboxylic acids is 2. The minimum absolute atomic E-state index is 0.0509. The molecule has 0 atom stereocenters. The first-order valence-electron chi connectivity index (χ1n) is 4.15. The summed E-state index contributed by atoms with van der Waals surface area (Å²) in [6.45, 7) is 3.06. The highest BCUT2D eigenvalue weighted by Gasteiger charge is 2.06. The number of benzene rings is 1. The van der Waals surface area contributed by atoms with Crippen molar-refractivity contribution < 1.29 is 9.59 Å². The highest BCUT2D eigenvalue weighted by molar-refractivity contribution is 14.1. The Kier molecular flexibility index (Phi) is 5.14. The fourth-order valence-corrected chi connectivity index (χ4v) is 2.99. The highest BCUT2D eigenvalue weighted by Crippen LogP contribution is 2.30. The van der Waals surface area contributed by atoms with Gasteiger partial charge < -0.3 is 0 Å². The molecule has 0 N–H and O–H groups in total. The smallest absolute Gasteiger partial charge is 0.190 e. The Morgan fingerprint density at radius 2 is 1.73 bits per heavy atom. The van der Waals surface area contributed by atoms with E-state index < -0.39 is 0 Å². The van der Waals surface area contributed by atoms with E-state index in [4.69, 9.17) is 0 Å². The average molecular weight is 352 g/mol. The zero-order valence-electron chi connectivity index (χ0n) is 8.24. The number of hydrogen-bond donors (Lipinski definition) is 0. The monoisotopic (exact) mass is 352 g/mol. The SMILES string of the molecule is CC(=O)Sc1ccc(I)c(SC(C)=O)c1. The van der Waals surface area contributed by atoms with E-state index >= 15 is 0 Å². The van der Waals surface area contributed by atoms with Crippen LogP contribution in [0.1, 0.15) is 13.8 Å². The predicted octanol–water partition coefficient (Wildman–Crippen LogP) is 3.57. The van der Waals surface area contributed by atoms with Crippen LogP contribution in [0.2, 0.25) is 0 Å². The number of thioether (sulfide) groups is 2. The van der Waals surface area contributed by atoms with E-state index in [1.54, 1.807) is 0 Å². The summed E-state index contributed by atoms with van der Waals surface area (Å²) in [6, 6.07) is 5.68. The molecule has 1 aromatic carbocycles. The van der Waals surface area contributed by atoms with Gasteiger partial charge in [0.2, 0.25) is 0 Å². The Balaban J connectivity index is 2.94. The van der Waals surface area contributed by atoms with E-state index in [1.165, 1.54) is 37.4 Å². The molecule has 0 aliphatic carbocycles. The molecule has 5 heteroatoms. The maximum atomic E-state index is 11.0. The largest absolute Gasteiger partial charge is 0.287 e. The molecule has 0 bridgehead atoms. The van der Waals surface area contributed by atoms with E-state index in [1.807, 2.05) is 18.2 Å². The van der Waals surface area contributed by atoms with Crippen LogP contribution < -0.4 is 0 Å². The van der Waals surface area contributed by atoms with Gasteiger partial charge in [-0.15, -0.1) is 0 Å². The topological polar surface area (TPSA) is 34.1 Å². The lowest BCUT2D eigenvalue weighted by molar-refractivity contribution is -0.109. The molecule has 1 rings (SSSR count). The summed E-state index contributed by atoms with van der Waals surface area (Å²) >= 11 is 4.55. The Bertz CT molecular complexity index is 404. The van der Waals surface area contributed by atoms with Crippen molar-refractivity contribution in [3.8, 4) is 0 Å². The van der Waals surface area contributed by atoms with Gasteiger partial charge in [-0.3, -0.25) is 9.59 Å². The van der Waals surface area contributed by atoms with Gasteiger partial charge in [-0.1, -0.05) is 23.5 Å². The minimum atomic E-state index is 0.0509. The number of carbonyl (C=O) groups is 2. The lowest BCUT2D eigenvalue weighted by Gasteiger charge is -2.04. The second kappa shape index (κ2) is 5.91. The first-order chi connectivity index (χ1) is 6.99. The van der Waals surface area contributed by atoms with Crippen molar-refractivity contribution in [2.24, 2.45) is 0 Å². The van der Waals surface area contributed by atoms with Gasteiger partial charge in [0.05, 0.1) is 0 Å². The van der Waals surface area contributed by atoms with Crippen molar-refractivity contribution in [3.63, 3.8) is 0 Å². The standard InChI is InChI=1S/C10H9IO2S2/c1-6(12)14-8-3-4-9(11)10(5-8)15-7(2)13/h3-5H,1-2H3. The van der Waals surface area contributed by atoms with Crippen LogP contribution in [0.15, 0.2) is 28.0 Å². The fourth-order valence-electron chi connectivity index (χ4n) is 0.946. The highest BCUT2D eigenvalue weighted by atomic mass is 127. The lowest BCUT2D eigenvalue weighted by Crippen LogP contribution is -1.87. The molecule has 0 aliphatic heterocycles. The van der Waals surface area contributed by atoms with Gasteiger partial charge in [0, 0.05) is 27.2 Å². The van der Waals surface area contributed by atoms with E-state index in [2.05, 4.69) is 22.6 Å². The van der Waals surface area contributed by atoms with Crippen molar-refractivity contribution in [1.29, 1.82) is 0 Å². The number of hydrogen-bond acceptors (Lipinski definition) is 4. The summed E-state index contributed by atoms with van der Waals surface area (Å²) in [5.74, 6) is 0. The van der Waals surface area contributed by atoms with Gasteiger partial charge in [0.1, 0.15) is 0 Å². The third-order valence-electron chi connectivity index (χ3n) is 1.42. The summed E-state index contributed by atoms with van der Waals surface area (Å²) in [6.07, 6.45) is 0. The Hall–Kier alpha value is -0.0100. The normalized spacial score (nSPS) is 10.1. The van der Waals surface area contributed by atoms with Crippen LogP contribution in [-0.4, -0.2) is 10.2 Å². The van der Waals surface area contributed by atoms with Gasteiger partial charge in [-0.2, -0.15) is 0 Å². The third kappa shape index (κ3) is 4.56. The van der Waals surface area contributed by atoms with Crippen molar-refractivity contribution >= 4 is 56.3 Å². The Morgan fingerprint density at radius 3 is 2.27 bits per heavy atom. The first-order valence-corrected chi connectivity index (χ1v) is 6.86. The fraction of sp³-hybridized carbons (Fsp3) is 0.200. The van der Waals surface area contributed by atoms with Gasteiger partial charge >= 0.3 is 0 Å². The van der Waals surface area contributed by atoms with Crippen LogP contribution in [0.3, 0.4) is 0 Å². The van der Waals surface area contributed by atoms with Crippen LogP contribution in [0.5, 0.6) is 0 Å². The molecule has 0 amide bonds. The molecule has 0 heterocycles. The molecule has 15 heavy (non-hydrogen) atoms. The summed E-state index contributed by atoms with van der Waals surface area (Å²) in [4.78, 5) is 23.7. The zero-order valence-corrected chi connectivity index (χ0v) is 12.0. The predicted molar refractivity (Wildman–Crippen MR) is 72.2 cm³/mol. The molecular weight excluding hydrogens is 343 g/mol. The maximum Gasteiger partial charge on any atom is 0.190 e. The Morgan fingerprint density at radius 1 is 1.13 bits per heavy atom. The minimum Gasteiger partial charge on any atom is -0.287 e. The van der Waals surface area contributed by atoms with Crippen molar-refractivity contribution in [2.45, 2.75) is 23.6 Å². The van der Waals surface area contributed by atoms with Gasteiger partial charge in [-0.25, -0.2) is 0 Å². The molecule has 0 spiro atoms. The van der Waals surface area contributed by atoms with E-state index in [0.29, 0.717) is 0 Å². The van der Waals surface area contributed by atoms with Crippen molar-refractivity contribution in [2.75, 3.05) is 0 Å². The summed E-state index contributed by atoms with van der Waals surface area (Å²) in [7, 11) is 0. The zero-order chi connectivity index (χ0) is 11.4.